The van der Waals surface area contributed by atoms with Crippen LogP contribution in [0.4, 0.5) is 5.69 Å². The maximum Gasteiger partial charge on any atom is 0.0445 e. The lowest BCUT2D eigenvalue weighted by atomic mass is 9.66. The first-order valence-corrected chi connectivity index (χ1v) is 9.03. The molecular weight excluding hydrogens is 278 g/mol. The van der Waals surface area contributed by atoms with Crippen LogP contribution in [0, 0.1) is 0 Å². The van der Waals surface area contributed by atoms with Crippen LogP contribution in [0.25, 0.3) is 6.08 Å². The Labute approximate surface area is 141 Å². The molecule has 0 bridgehead atoms. The lowest BCUT2D eigenvalue weighted by Gasteiger charge is -2.49. The van der Waals surface area contributed by atoms with Crippen molar-refractivity contribution >= 4 is 11.8 Å². The highest BCUT2D eigenvalue weighted by Gasteiger charge is 2.42. The molecular formula is C22H29N. The second kappa shape index (κ2) is 4.53. The van der Waals surface area contributed by atoms with E-state index in [0.29, 0.717) is 0 Å². The highest BCUT2D eigenvalue weighted by molar-refractivity contribution is 5.78. The van der Waals surface area contributed by atoms with E-state index in [2.05, 4.69) is 58.2 Å². The minimum Gasteiger partial charge on any atom is -0.371 e. The van der Waals surface area contributed by atoms with Gasteiger partial charge in [0.25, 0.3) is 0 Å². The summed E-state index contributed by atoms with van der Waals surface area (Å²) < 4.78 is 0. The quantitative estimate of drug-likeness (QED) is 0.622. The minimum atomic E-state index is 0.263. The fourth-order valence-corrected chi connectivity index (χ4v) is 4.74. The van der Waals surface area contributed by atoms with E-state index in [1.54, 1.807) is 22.4 Å². The Balaban J connectivity index is 2.09. The predicted octanol–water partition coefficient (Wildman–Crippen LogP) is 5.37. The molecule has 2 aliphatic heterocycles. The Morgan fingerprint density at radius 3 is 2.39 bits per heavy atom. The van der Waals surface area contributed by atoms with Gasteiger partial charge in [-0.05, 0) is 76.5 Å². The molecule has 2 heterocycles. The molecule has 0 saturated heterocycles. The molecule has 1 aliphatic carbocycles. The zero-order valence-electron chi connectivity index (χ0n) is 15.3. The van der Waals surface area contributed by atoms with Crippen molar-refractivity contribution in [3.05, 3.63) is 46.0 Å². The van der Waals surface area contributed by atoms with E-state index in [0.717, 1.165) is 6.42 Å². The molecule has 0 radical (unpaired) electrons. The van der Waals surface area contributed by atoms with E-state index in [9.17, 15) is 0 Å². The molecule has 122 valence electrons. The number of allylic oxidation sites excluding steroid dienone is 2. The van der Waals surface area contributed by atoms with Crippen LogP contribution >= 0.6 is 0 Å². The van der Waals surface area contributed by atoms with Crippen molar-refractivity contribution in [2.24, 2.45) is 0 Å². The third-order valence-corrected chi connectivity index (χ3v) is 6.50. The maximum atomic E-state index is 4.31. The van der Waals surface area contributed by atoms with Gasteiger partial charge in [-0.1, -0.05) is 40.3 Å². The Morgan fingerprint density at radius 1 is 1.04 bits per heavy atom. The number of anilines is 1. The normalized spacial score (nSPS) is 24.0. The van der Waals surface area contributed by atoms with Crippen LogP contribution in [0.1, 0.15) is 69.7 Å². The first-order chi connectivity index (χ1) is 10.7. The number of rotatable bonds is 0. The molecule has 0 unspecified atom stereocenters. The van der Waals surface area contributed by atoms with Crippen LogP contribution in [0.2, 0.25) is 0 Å². The van der Waals surface area contributed by atoms with Gasteiger partial charge < -0.3 is 4.90 Å². The second-order valence-electron chi connectivity index (χ2n) is 9.08. The summed E-state index contributed by atoms with van der Waals surface area (Å²) >= 11 is 0. The molecule has 0 spiro atoms. The number of benzene rings is 1. The molecule has 0 amide bonds. The molecule has 23 heavy (non-hydrogen) atoms. The lowest BCUT2D eigenvalue weighted by molar-refractivity contribution is 0.399. The van der Waals surface area contributed by atoms with E-state index in [4.69, 9.17) is 0 Å². The molecule has 0 N–H and O–H groups in total. The van der Waals surface area contributed by atoms with E-state index >= 15 is 0 Å². The molecule has 0 aromatic heterocycles. The predicted molar refractivity (Wildman–Crippen MR) is 100 cm³/mol. The number of hydrogen-bond acceptors (Lipinski definition) is 1. The van der Waals surface area contributed by atoms with E-state index in [1.807, 2.05) is 0 Å². The molecule has 1 heteroatoms. The van der Waals surface area contributed by atoms with Crippen molar-refractivity contribution in [2.45, 2.75) is 64.7 Å². The van der Waals surface area contributed by atoms with Crippen molar-refractivity contribution in [1.29, 1.82) is 0 Å². The van der Waals surface area contributed by atoms with Crippen molar-refractivity contribution in [3.8, 4) is 0 Å². The largest absolute Gasteiger partial charge is 0.371 e. The van der Waals surface area contributed by atoms with Gasteiger partial charge in [0.05, 0.1) is 0 Å². The van der Waals surface area contributed by atoms with Crippen LogP contribution in [-0.4, -0.2) is 13.1 Å². The monoisotopic (exact) mass is 307 g/mol. The smallest absolute Gasteiger partial charge is 0.0445 e. The zero-order chi connectivity index (χ0) is 16.6. The summed E-state index contributed by atoms with van der Waals surface area (Å²) in [5.74, 6) is 0. The first-order valence-electron chi connectivity index (χ1n) is 9.03. The Morgan fingerprint density at radius 2 is 1.70 bits per heavy atom. The van der Waals surface area contributed by atoms with Gasteiger partial charge in [-0.15, -0.1) is 0 Å². The third kappa shape index (κ3) is 2.05. The van der Waals surface area contributed by atoms with Crippen LogP contribution in [0.3, 0.4) is 0 Å². The summed E-state index contributed by atoms with van der Waals surface area (Å²) in [6.07, 6.45) is 5.91. The highest BCUT2D eigenvalue weighted by Crippen LogP contribution is 2.52. The molecule has 1 nitrogen and oxygen atoms in total. The molecule has 1 aromatic carbocycles. The molecule has 0 fully saturated rings. The van der Waals surface area contributed by atoms with Crippen LogP contribution in [-0.2, 0) is 17.3 Å². The van der Waals surface area contributed by atoms with Gasteiger partial charge in [0.2, 0.25) is 0 Å². The average Bonchev–Trinajstić information content (AvgIpc) is 2.45. The van der Waals surface area contributed by atoms with E-state index in [-0.39, 0.29) is 10.8 Å². The zero-order valence-corrected chi connectivity index (χ0v) is 15.3. The molecule has 3 aliphatic rings. The standard InChI is InChI=1S/C22H29N/c1-14-11-16-13-18-20-19(17(16)12-15(14)2)22(5,6)8-10-23(20)9-7-21(18,3)4/h11,13H,2,7-10,12H2,1,3-6H3. The average molecular weight is 307 g/mol. The van der Waals surface area contributed by atoms with Crippen molar-refractivity contribution < 1.29 is 0 Å². The van der Waals surface area contributed by atoms with Gasteiger partial charge in [-0.2, -0.15) is 0 Å². The summed E-state index contributed by atoms with van der Waals surface area (Å²) in [5, 5.41) is 0. The summed E-state index contributed by atoms with van der Waals surface area (Å²) in [4.78, 5) is 2.66. The minimum absolute atomic E-state index is 0.263. The van der Waals surface area contributed by atoms with Crippen LogP contribution in [0.15, 0.2) is 23.8 Å². The summed E-state index contributed by atoms with van der Waals surface area (Å²) in [6, 6.07) is 2.50. The summed E-state index contributed by atoms with van der Waals surface area (Å²) in [7, 11) is 0. The third-order valence-electron chi connectivity index (χ3n) is 6.50. The topological polar surface area (TPSA) is 3.24 Å². The fourth-order valence-electron chi connectivity index (χ4n) is 4.74. The molecule has 4 rings (SSSR count). The number of nitrogens with zero attached hydrogens (tertiary/aromatic N) is 1. The van der Waals surface area contributed by atoms with Crippen LogP contribution < -0.4 is 4.90 Å². The Hall–Kier alpha value is -1.50. The Kier molecular flexibility index (Phi) is 2.96. The maximum absolute atomic E-state index is 4.31. The second-order valence-corrected chi connectivity index (χ2v) is 9.08. The van der Waals surface area contributed by atoms with Gasteiger partial charge in [-0.3, -0.25) is 0 Å². The first kappa shape index (κ1) is 15.1. The van der Waals surface area contributed by atoms with E-state index < -0.39 is 0 Å². The number of hydrogen-bond donors (Lipinski definition) is 0. The lowest BCUT2D eigenvalue weighted by Crippen LogP contribution is -2.45. The molecule has 0 atom stereocenters. The molecule has 1 aromatic rings. The van der Waals surface area contributed by atoms with Crippen LogP contribution in [0.5, 0.6) is 0 Å². The van der Waals surface area contributed by atoms with Crippen molar-refractivity contribution in [1.82, 2.24) is 0 Å². The summed E-state index contributed by atoms with van der Waals surface area (Å²) in [5.41, 5.74) is 10.9. The Bertz CT molecular complexity index is 744. The molecule has 0 saturated carbocycles. The number of fused-ring (bicyclic) bond motifs is 2. The highest BCUT2D eigenvalue weighted by atomic mass is 15.2. The van der Waals surface area contributed by atoms with Crippen molar-refractivity contribution in [3.63, 3.8) is 0 Å². The van der Waals surface area contributed by atoms with Gasteiger partial charge >= 0.3 is 0 Å². The van der Waals surface area contributed by atoms with E-state index in [1.165, 1.54) is 42.6 Å². The van der Waals surface area contributed by atoms with Gasteiger partial charge in [0.15, 0.2) is 0 Å². The fraction of sp³-hybridized carbons (Fsp3) is 0.545. The SMILES string of the molecule is C=C1Cc2c(cc3c4c2C(C)(C)CCN4CCC3(C)C)C=C1C. The van der Waals surface area contributed by atoms with Gasteiger partial charge in [0.1, 0.15) is 0 Å². The van der Waals surface area contributed by atoms with Gasteiger partial charge in [-0.25, -0.2) is 0 Å². The summed E-state index contributed by atoms with van der Waals surface area (Å²) in [6.45, 7) is 18.7. The van der Waals surface area contributed by atoms with Gasteiger partial charge in [0, 0.05) is 18.8 Å². The van der Waals surface area contributed by atoms with Crippen molar-refractivity contribution in [2.75, 3.05) is 18.0 Å².